The number of allylic oxidation sites excluding steroid dienone is 5. The SMILES string of the molecule is C=C(C)/C=C\C(=C/C)CCl. The lowest BCUT2D eigenvalue weighted by Crippen LogP contribution is -1.76. The van der Waals surface area contributed by atoms with Gasteiger partial charge in [0.25, 0.3) is 0 Å². The number of hydrogen-bond acceptors (Lipinski definition) is 0. The Morgan fingerprint density at radius 2 is 2.10 bits per heavy atom. The Kier molecular flexibility index (Phi) is 5.05. The standard InChI is InChI=1S/C9H13Cl/c1-4-9(7-10)6-5-8(2)3/h4-6H,2,7H2,1,3H3/b6-5-,9-4+. The van der Waals surface area contributed by atoms with Crippen LogP contribution in [0.25, 0.3) is 0 Å². The van der Waals surface area contributed by atoms with Crippen molar-refractivity contribution in [3.8, 4) is 0 Å². The summed E-state index contributed by atoms with van der Waals surface area (Å²) in [6.45, 7) is 7.67. The summed E-state index contributed by atoms with van der Waals surface area (Å²) in [5, 5.41) is 0. The molecule has 0 aromatic carbocycles. The minimum Gasteiger partial charge on any atom is -0.122 e. The molecule has 0 aromatic heterocycles. The Labute approximate surface area is 67.9 Å². The molecular formula is C9H13Cl. The molecule has 0 aliphatic carbocycles. The van der Waals surface area contributed by atoms with Crippen molar-refractivity contribution >= 4 is 11.6 Å². The van der Waals surface area contributed by atoms with Gasteiger partial charge in [0.1, 0.15) is 0 Å². The van der Waals surface area contributed by atoms with Crippen molar-refractivity contribution in [2.45, 2.75) is 13.8 Å². The van der Waals surface area contributed by atoms with Gasteiger partial charge in [-0.3, -0.25) is 0 Å². The molecule has 0 heterocycles. The fraction of sp³-hybridized carbons (Fsp3) is 0.333. The molecule has 0 aliphatic heterocycles. The van der Waals surface area contributed by atoms with E-state index >= 15 is 0 Å². The van der Waals surface area contributed by atoms with Crippen LogP contribution >= 0.6 is 11.6 Å². The fourth-order valence-electron chi connectivity index (χ4n) is 0.467. The Bertz CT molecular complexity index is 164. The summed E-state index contributed by atoms with van der Waals surface area (Å²) < 4.78 is 0. The fourth-order valence-corrected chi connectivity index (χ4v) is 0.711. The van der Waals surface area contributed by atoms with Crippen molar-refractivity contribution in [1.82, 2.24) is 0 Å². The first-order valence-corrected chi connectivity index (χ1v) is 3.79. The third-order valence-electron chi connectivity index (χ3n) is 1.11. The van der Waals surface area contributed by atoms with E-state index in [1.807, 2.05) is 32.1 Å². The second kappa shape index (κ2) is 5.31. The van der Waals surface area contributed by atoms with Crippen molar-refractivity contribution < 1.29 is 0 Å². The highest BCUT2D eigenvalue weighted by molar-refractivity contribution is 6.19. The molecule has 0 amide bonds. The number of hydrogen-bond donors (Lipinski definition) is 0. The number of halogens is 1. The predicted octanol–water partition coefficient (Wildman–Crippen LogP) is 3.30. The zero-order valence-electron chi connectivity index (χ0n) is 6.52. The number of rotatable bonds is 3. The molecule has 0 rings (SSSR count). The maximum Gasteiger partial charge on any atom is 0.0470 e. The van der Waals surface area contributed by atoms with Gasteiger partial charge < -0.3 is 0 Å². The van der Waals surface area contributed by atoms with Gasteiger partial charge in [-0.2, -0.15) is 0 Å². The van der Waals surface area contributed by atoms with E-state index in [0.29, 0.717) is 5.88 Å². The topological polar surface area (TPSA) is 0 Å². The second-order valence-electron chi connectivity index (χ2n) is 2.18. The molecular weight excluding hydrogens is 144 g/mol. The summed E-state index contributed by atoms with van der Waals surface area (Å²) in [5.74, 6) is 0.570. The van der Waals surface area contributed by atoms with E-state index in [4.69, 9.17) is 11.6 Å². The molecule has 0 N–H and O–H groups in total. The molecule has 0 aliphatic rings. The average molecular weight is 157 g/mol. The van der Waals surface area contributed by atoms with Gasteiger partial charge in [0.2, 0.25) is 0 Å². The lowest BCUT2D eigenvalue weighted by molar-refractivity contribution is 1.46. The molecule has 0 unspecified atom stereocenters. The van der Waals surface area contributed by atoms with E-state index in [-0.39, 0.29) is 0 Å². The third-order valence-corrected chi connectivity index (χ3v) is 1.42. The zero-order valence-corrected chi connectivity index (χ0v) is 7.28. The molecule has 0 fully saturated rings. The highest BCUT2D eigenvalue weighted by Crippen LogP contribution is 2.01. The Hall–Kier alpha value is -0.490. The van der Waals surface area contributed by atoms with Crippen LogP contribution in [0.2, 0.25) is 0 Å². The summed E-state index contributed by atoms with van der Waals surface area (Å²) in [4.78, 5) is 0. The largest absolute Gasteiger partial charge is 0.122 e. The van der Waals surface area contributed by atoms with Crippen molar-refractivity contribution in [3.63, 3.8) is 0 Å². The highest BCUT2D eigenvalue weighted by atomic mass is 35.5. The van der Waals surface area contributed by atoms with E-state index in [1.165, 1.54) is 0 Å². The van der Waals surface area contributed by atoms with E-state index < -0.39 is 0 Å². The Morgan fingerprint density at radius 1 is 1.50 bits per heavy atom. The smallest absolute Gasteiger partial charge is 0.0470 e. The van der Waals surface area contributed by atoms with Gasteiger partial charge in [-0.1, -0.05) is 30.4 Å². The average Bonchev–Trinajstić information content (AvgIpc) is 1.90. The molecule has 0 atom stereocenters. The first-order valence-electron chi connectivity index (χ1n) is 3.25. The van der Waals surface area contributed by atoms with Gasteiger partial charge in [0.05, 0.1) is 0 Å². The molecule has 1 heteroatoms. The first-order chi connectivity index (χ1) is 4.70. The highest BCUT2D eigenvalue weighted by Gasteiger charge is 1.84. The maximum absolute atomic E-state index is 5.60. The van der Waals surface area contributed by atoms with Gasteiger partial charge >= 0.3 is 0 Å². The summed E-state index contributed by atoms with van der Waals surface area (Å²) in [7, 11) is 0. The van der Waals surface area contributed by atoms with Gasteiger partial charge in [0, 0.05) is 5.88 Å². The van der Waals surface area contributed by atoms with Gasteiger partial charge in [-0.05, 0) is 19.4 Å². The molecule has 0 radical (unpaired) electrons. The zero-order chi connectivity index (χ0) is 7.98. The van der Waals surface area contributed by atoms with Gasteiger partial charge in [-0.25, -0.2) is 0 Å². The molecule has 0 saturated heterocycles. The van der Waals surface area contributed by atoms with Crippen LogP contribution in [-0.4, -0.2) is 5.88 Å². The van der Waals surface area contributed by atoms with E-state index in [2.05, 4.69) is 6.58 Å². The first kappa shape index (κ1) is 9.51. The van der Waals surface area contributed by atoms with Crippen LogP contribution in [0.4, 0.5) is 0 Å². The van der Waals surface area contributed by atoms with Crippen LogP contribution in [0, 0.1) is 0 Å². The van der Waals surface area contributed by atoms with Crippen LogP contribution in [0.15, 0.2) is 36.0 Å². The second-order valence-corrected chi connectivity index (χ2v) is 2.44. The van der Waals surface area contributed by atoms with Gasteiger partial charge in [-0.15, -0.1) is 11.6 Å². The van der Waals surface area contributed by atoms with Crippen LogP contribution in [0.3, 0.4) is 0 Å². The number of alkyl halides is 1. The van der Waals surface area contributed by atoms with Crippen molar-refractivity contribution in [3.05, 3.63) is 36.0 Å². The molecule has 0 bridgehead atoms. The molecule has 10 heavy (non-hydrogen) atoms. The molecule has 0 saturated carbocycles. The molecule has 0 aromatic rings. The normalized spacial score (nSPS) is 12.5. The van der Waals surface area contributed by atoms with Crippen molar-refractivity contribution in [2.24, 2.45) is 0 Å². The summed E-state index contributed by atoms with van der Waals surface area (Å²) in [5.41, 5.74) is 2.18. The monoisotopic (exact) mass is 156 g/mol. The summed E-state index contributed by atoms with van der Waals surface area (Å²) in [6, 6.07) is 0. The quantitative estimate of drug-likeness (QED) is 0.435. The third kappa shape index (κ3) is 4.39. The van der Waals surface area contributed by atoms with Gasteiger partial charge in [0.15, 0.2) is 0 Å². The van der Waals surface area contributed by atoms with Crippen LogP contribution in [0.5, 0.6) is 0 Å². The van der Waals surface area contributed by atoms with Crippen LogP contribution in [-0.2, 0) is 0 Å². The summed E-state index contributed by atoms with van der Waals surface area (Å²) >= 11 is 5.60. The minimum atomic E-state index is 0.570. The molecule has 0 spiro atoms. The lowest BCUT2D eigenvalue weighted by Gasteiger charge is -1.91. The Balaban J connectivity index is 3.98. The summed E-state index contributed by atoms with van der Waals surface area (Å²) in [6.07, 6.45) is 5.93. The van der Waals surface area contributed by atoms with Crippen LogP contribution < -0.4 is 0 Å². The van der Waals surface area contributed by atoms with Crippen molar-refractivity contribution in [2.75, 3.05) is 5.88 Å². The van der Waals surface area contributed by atoms with Crippen LogP contribution in [0.1, 0.15) is 13.8 Å². The van der Waals surface area contributed by atoms with E-state index in [9.17, 15) is 0 Å². The predicted molar refractivity (Wildman–Crippen MR) is 48.4 cm³/mol. The molecule has 56 valence electrons. The van der Waals surface area contributed by atoms with E-state index in [0.717, 1.165) is 11.1 Å². The lowest BCUT2D eigenvalue weighted by atomic mass is 10.2. The maximum atomic E-state index is 5.60. The van der Waals surface area contributed by atoms with E-state index in [1.54, 1.807) is 0 Å². The minimum absolute atomic E-state index is 0.570. The van der Waals surface area contributed by atoms with Crippen molar-refractivity contribution in [1.29, 1.82) is 0 Å². The molecule has 0 nitrogen and oxygen atoms in total. The Morgan fingerprint density at radius 3 is 2.40 bits per heavy atom.